The van der Waals surface area contributed by atoms with E-state index in [1.54, 1.807) is 0 Å². The van der Waals surface area contributed by atoms with Gasteiger partial charge in [-0.05, 0) is 37.8 Å². The molecule has 0 aliphatic carbocycles. The summed E-state index contributed by atoms with van der Waals surface area (Å²) in [5.41, 5.74) is -0.146. The van der Waals surface area contributed by atoms with Crippen molar-refractivity contribution in [2.24, 2.45) is 11.8 Å². The maximum atomic E-state index is 13.2. The van der Waals surface area contributed by atoms with Crippen molar-refractivity contribution in [3.63, 3.8) is 0 Å². The van der Waals surface area contributed by atoms with Crippen molar-refractivity contribution in [2.45, 2.75) is 175 Å². The number of unbranched alkanes of at least 4 members (excludes halogenated alkanes) is 14. The van der Waals surface area contributed by atoms with E-state index < -0.39 is 29.3 Å². The number of hydrogen-bond donors (Lipinski definition) is 0. The van der Waals surface area contributed by atoms with Gasteiger partial charge in [-0.25, -0.2) is 4.79 Å². The van der Waals surface area contributed by atoms with Crippen molar-refractivity contribution < 1.29 is 47.7 Å². The summed E-state index contributed by atoms with van der Waals surface area (Å²) in [6, 6.07) is 5.01. The van der Waals surface area contributed by atoms with Gasteiger partial charge in [0.25, 0.3) is 5.69 Å². The monoisotopic (exact) mass is 780 g/mol. The molecule has 0 N–H and O–H groups in total. The summed E-state index contributed by atoms with van der Waals surface area (Å²) >= 11 is 0. The first-order valence-electron chi connectivity index (χ1n) is 21.4. The second-order valence-electron chi connectivity index (χ2n) is 14.5. The molecular formula is C43H73NO11. The van der Waals surface area contributed by atoms with Crippen molar-refractivity contribution in [3.8, 4) is 5.75 Å². The molecule has 1 aromatic rings. The molecule has 0 bridgehead atoms. The zero-order valence-electron chi connectivity index (χ0n) is 34.6. The van der Waals surface area contributed by atoms with Gasteiger partial charge in [-0.3, -0.25) is 19.7 Å². The molecule has 0 aliphatic rings. The lowest BCUT2D eigenvalue weighted by Gasteiger charge is -2.21. The van der Waals surface area contributed by atoms with Crippen LogP contribution in [0.4, 0.5) is 10.5 Å². The maximum absolute atomic E-state index is 13.2. The fourth-order valence-electron chi connectivity index (χ4n) is 5.99. The summed E-state index contributed by atoms with van der Waals surface area (Å²) in [7, 11) is 0. The Labute approximate surface area is 331 Å². The van der Waals surface area contributed by atoms with Crippen molar-refractivity contribution in [1.82, 2.24) is 0 Å². The molecule has 1 rings (SSSR count). The van der Waals surface area contributed by atoms with Crippen LogP contribution in [0, 0.1) is 22.0 Å². The number of rotatable bonds is 36. The molecule has 0 aliphatic heterocycles. The van der Waals surface area contributed by atoms with E-state index in [4.69, 9.17) is 28.4 Å². The number of ether oxygens (including phenoxy) is 6. The normalized spacial score (nSPS) is 12.3. The molecule has 1 aromatic carbocycles. The molecule has 0 aromatic heterocycles. The summed E-state index contributed by atoms with van der Waals surface area (Å²) in [4.78, 5) is 49.1. The number of carbonyl (C=O) groups excluding carboxylic acids is 3. The number of benzene rings is 1. The average molecular weight is 780 g/mol. The van der Waals surface area contributed by atoms with Crippen LogP contribution < -0.4 is 4.74 Å². The highest BCUT2D eigenvalue weighted by molar-refractivity contribution is 5.72. The van der Waals surface area contributed by atoms with Gasteiger partial charge in [0.15, 0.2) is 6.29 Å². The lowest BCUT2D eigenvalue weighted by atomic mass is 9.95. The highest BCUT2D eigenvalue weighted by Crippen LogP contribution is 2.21. The van der Waals surface area contributed by atoms with E-state index in [1.807, 2.05) is 0 Å². The lowest BCUT2D eigenvalue weighted by molar-refractivity contribution is -0.384. The zero-order valence-corrected chi connectivity index (χ0v) is 34.6. The van der Waals surface area contributed by atoms with E-state index in [-0.39, 0.29) is 49.6 Å². The Balaban J connectivity index is 2.81. The van der Waals surface area contributed by atoms with Gasteiger partial charge in [0.1, 0.15) is 25.6 Å². The van der Waals surface area contributed by atoms with Gasteiger partial charge in [0, 0.05) is 31.8 Å². The smallest absolute Gasteiger partial charge is 0.465 e. The average Bonchev–Trinajstić information content (AvgIpc) is 3.18. The highest BCUT2D eigenvalue weighted by atomic mass is 16.7. The zero-order chi connectivity index (χ0) is 40.4. The Morgan fingerprint density at radius 3 is 1.65 bits per heavy atom. The van der Waals surface area contributed by atoms with Gasteiger partial charge in [-0.1, -0.05) is 130 Å². The number of nitro groups is 1. The van der Waals surface area contributed by atoms with Crippen molar-refractivity contribution in [2.75, 3.05) is 33.0 Å². The standard InChI is InChI=1S/C43H73NO11/c1-5-9-13-16-18-21-31-50-41(51-32-22-19-17-14-10-6-2)30-29-40(45)52-33-36(34-53-42(46)37(23-12-8-4)24-20-15-11-7-3)35-54-43(47)55-39-27-25-38(26-28-39)44(48)49/h25-28,36-37,41H,5-24,29-35H2,1-4H3. The Bertz CT molecular complexity index is 1110. The van der Waals surface area contributed by atoms with E-state index in [0.717, 1.165) is 77.0 Å². The van der Waals surface area contributed by atoms with Crippen LogP contribution in [0.3, 0.4) is 0 Å². The first-order valence-corrected chi connectivity index (χ1v) is 21.4. The summed E-state index contributed by atoms with van der Waals surface area (Å²) in [6.07, 6.45) is 20.3. The summed E-state index contributed by atoms with van der Waals surface area (Å²) in [5, 5.41) is 10.9. The highest BCUT2D eigenvalue weighted by Gasteiger charge is 2.24. The second kappa shape index (κ2) is 34.0. The topological polar surface area (TPSA) is 150 Å². The van der Waals surface area contributed by atoms with Crippen molar-refractivity contribution >= 4 is 23.8 Å². The first-order chi connectivity index (χ1) is 26.7. The molecule has 0 saturated carbocycles. The molecule has 316 valence electrons. The molecule has 2 unspecified atom stereocenters. The van der Waals surface area contributed by atoms with Crippen LogP contribution in [-0.4, -0.2) is 62.3 Å². The van der Waals surface area contributed by atoms with E-state index >= 15 is 0 Å². The van der Waals surface area contributed by atoms with E-state index in [9.17, 15) is 24.5 Å². The van der Waals surface area contributed by atoms with Gasteiger partial charge in [0.05, 0.1) is 23.2 Å². The largest absolute Gasteiger partial charge is 0.513 e. The third kappa shape index (κ3) is 27.1. The Morgan fingerprint density at radius 1 is 0.600 bits per heavy atom. The van der Waals surface area contributed by atoms with Crippen LogP contribution in [0.25, 0.3) is 0 Å². The Morgan fingerprint density at radius 2 is 1.09 bits per heavy atom. The summed E-state index contributed by atoms with van der Waals surface area (Å²) < 4.78 is 34.0. The number of non-ortho nitro benzene ring substituents is 1. The summed E-state index contributed by atoms with van der Waals surface area (Å²) in [5.74, 6) is -1.56. The minimum atomic E-state index is -1.04. The molecule has 55 heavy (non-hydrogen) atoms. The van der Waals surface area contributed by atoms with Gasteiger partial charge in [-0.15, -0.1) is 0 Å². The quantitative estimate of drug-likeness (QED) is 0.0122. The van der Waals surface area contributed by atoms with Crippen LogP contribution in [-0.2, 0) is 33.3 Å². The Hall–Kier alpha value is -3.25. The molecule has 0 radical (unpaired) electrons. The molecule has 0 amide bonds. The second-order valence-corrected chi connectivity index (χ2v) is 14.5. The Kier molecular flexibility index (Phi) is 30.8. The van der Waals surface area contributed by atoms with Crippen molar-refractivity contribution in [3.05, 3.63) is 34.4 Å². The number of nitrogens with zero attached hydrogens (tertiary/aromatic N) is 1. The molecule has 2 atom stereocenters. The summed E-state index contributed by atoms with van der Waals surface area (Å²) in [6.45, 7) is 9.28. The fourth-order valence-corrected chi connectivity index (χ4v) is 5.99. The minimum absolute atomic E-state index is 0.0684. The number of hydrogen-bond acceptors (Lipinski definition) is 11. The number of carbonyl (C=O) groups is 3. The molecule has 12 nitrogen and oxygen atoms in total. The lowest BCUT2D eigenvalue weighted by Crippen LogP contribution is -2.29. The van der Waals surface area contributed by atoms with E-state index in [2.05, 4.69) is 27.7 Å². The maximum Gasteiger partial charge on any atom is 0.513 e. The molecule has 0 heterocycles. The van der Waals surface area contributed by atoms with Crippen LogP contribution >= 0.6 is 0 Å². The van der Waals surface area contributed by atoms with Crippen molar-refractivity contribution in [1.29, 1.82) is 0 Å². The fraction of sp³-hybridized carbons (Fsp3) is 0.791. The van der Waals surface area contributed by atoms with Gasteiger partial charge in [-0.2, -0.15) is 0 Å². The molecular weight excluding hydrogens is 706 g/mol. The van der Waals surface area contributed by atoms with Crippen LogP contribution in [0.2, 0.25) is 0 Å². The molecule has 12 heteroatoms. The molecule has 0 saturated heterocycles. The van der Waals surface area contributed by atoms with Gasteiger partial charge < -0.3 is 28.4 Å². The van der Waals surface area contributed by atoms with E-state index in [0.29, 0.717) is 19.6 Å². The van der Waals surface area contributed by atoms with E-state index in [1.165, 1.54) is 75.6 Å². The minimum Gasteiger partial charge on any atom is -0.465 e. The van der Waals surface area contributed by atoms with Gasteiger partial charge in [0.2, 0.25) is 0 Å². The molecule has 0 spiro atoms. The first kappa shape index (κ1) is 49.8. The predicted molar refractivity (Wildman–Crippen MR) is 214 cm³/mol. The third-order valence-corrected chi connectivity index (χ3v) is 9.46. The SMILES string of the molecule is CCCCCCCCOC(CCC(=O)OCC(COC(=O)Oc1ccc([N+](=O)[O-])cc1)COC(=O)C(CCCC)CCCCCC)OCCCCCCCC. The van der Waals surface area contributed by atoms with Gasteiger partial charge >= 0.3 is 18.1 Å². The van der Waals surface area contributed by atoms with Crippen LogP contribution in [0.15, 0.2) is 24.3 Å². The predicted octanol–water partition coefficient (Wildman–Crippen LogP) is 11.5. The van der Waals surface area contributed by atoms with Crippen LogP contribution in [0.1, 0.15) is 169 Å². The van der Waals surface area contributed by atoms with Crippen LogP contribution in [0.5, 0.6) is 5.75 Å². The number of nitro benzene ring substituents is 1. The molecule has 0 fully saturated rings. The number of esters is 2. The third-order valence-electron chi connectivity index (χ3n) is 9.46.